The second-order valence-electron chi connectivity index (χ2n) is 5.29. The number of carbonyl (C=O) groups is 1. The highest BCUT2D eigenvalue weighted by Crippen LogP contribution is 2.40. The Morgan fingerprint density at radius 2 is 2.11 bits per heavy atom. The number of carbonyl (C=O) groups excluding carboxylic acids is 1. The maximum absolute atomic E-state index is 13.3. The van der Waals surface area contributed by atoms with Gasteiger partial charge in [0.1, 0.15) is 11.2 Å². The van der Waals surface area contributed by atoms with Crippen LogP contribution < -0.4 is 0 Å². The molecule has 0 bridgehead atoms. The predicted molar refractivity (Wildman–Crippen MR) is 75.3 cm³/mol. The zero-order chi connectivity index (χ0) is 13.2. The maximum Gasteiger partial charge on any atom is 0.226 e. The predicted octanol–water partition coefficient (Wildman–Crippen LogP) is 3.59. The van der Waals surface area contributed by atoms with E-state index in [2.05, 4.69) is 0 Å². The van der Waals surface area contributed by atoms with Crippen LogP contribution in [0.15, 0.2) is 24.3 Å². The number of thioether (sulfide) groups is 1. The number of benzene rings is 1. The SMILES string of the molecule is O=C(C1CCCC1)N1CCSC1c1cccc(F)c1. The molecule has 1 saturated heterocycles. The van der Waals surface area contributed by atoms with E-state index >= 15 is 0 Å². The van der Waals surface area contributed by atoms with Gasteiger partial charge in [0.25, 0.3) is 0 Å². The zero-order valence-electron chi connectivity index (χ0n) is 10.8. The lowest BCUT2D eigenvalue weighted by molar-refractivity contribution is -0.135. The molecule has 1 aliphatic carbocycles. The Kier molecular flexibility index (Phi) is 3.78. The molecule has 1 saturated carbocycles. The molecule has 1 unspecified atom stereocenters. The fourth-order valence-corrected chi connectivity index (χ4v) is 4.29. The van der Waals surface area contributed by atoms with Gasteiger partial charge in [-0.05, 0) is 30.5 Å². The fourth-order valence-electron chi connectivity index (χ4n) is 3.04. The third-order valence-corrected chi connectivity index (χ3v) is 5.27. The van der Waals surface area contributed by atoms with Crippen molar-refractivity contribution in [3.63, 3.8) is 0 Å². The molecule has 0 aromatic heterocycles. The van der Waals surface area contributed by atoms with Crippen LogP contribution in [0.4, 0.5) is 4.39 Å². The van der Waals surface area contributed by atoms with Crippen LogP contribution in [0, 0.1) is 11.7 Å². The summed E-state index contributed by atoms with van der Waals surface area (Å²) in [4.78, 5) is 14.5. The van der Waals surface area contributed by atoms with Crippen LogP contribution in [0.5, 0.6) is 0 Å². The first kappa shape index (κ1) is 13.0. The van der Waals surface area contributed by atoms with Crippen molar-refractivity contribution >= 4 is 17.7 Å². The number of hydrogen-bond donors (Lipinski definition) is 0. The summed E-state index contributed by atoms with van der Waals surface area (Å²) in [6, 6.07) is 6.65. The average Bonchev–Trinajstić information content (AvgIpc) is 3.09. The first-order valence-electron chi connectivity index (χ1n) is 6.93. The van der Waals surface area contributed by atoms with Gasteiger partial charge in [-0.2, -0.15) is 0 Å². The van der Waals surface area contributed by atoms with E-state index in [-0.39, 0.29) is 23.0 Å². The molecule has 1 aliphatic heterocycles. The smallest absolute Gasteiger partial charge is 0.226 e. The van der Waals surface area contributed by atoms with Crippen LogP contribution in [-0.4, -0.2) is 23.1 Å². The third kappa shape index (κ3) is 2.64. The molecular weight excluding hydrogens is 261 g/mol. The van der Waals surface area contributed by atoms with Crippen LogP contribution in [0.25, 0.3) is 0 Å². The highest BCUT2D eigenvalue weighted by atomic mass is 32.2. The summed E-state index contributed by atoms with van der Waals surface area (Å²) in [5.41, 5.74) is 0.911. The van der Waals surface area contributed by atoms with Crippen molar-refractivity contribution in [3.8, 4) is 0 Å². The highest BCUT2D eigenvalue weighted by Gasteiger charge is 2.35. The summed E-state index contributed by atoms with van der Waals surface area (Å²) >= 11 is 1.74. The van der Waals surface area contributed by atoms with Gasteiger partial charge in [0.15, 0.2) is 0 Å². The van der Waals surface area contributed by atoms with Gasteiger partial charge in [-0.15, -0.1) is 11.8 Å². The summed E-state index contributed by atoms with van der Waals surface area (Å²) in [5, 5.41) is 0.00352. The number of halogens is 1. The first-order chi connectivity index (χ1) is 9.25. The van der Waals surface area contributed by atoms with E-state index in [1.54, 1.807) is 23.9 Å². The van der Waals surface area contributed by atoms with E-state index in [1.165, 1.54) is 18.9 Å². The molecule has 19 heavy (non-hydrogen) atoms. The second kappa shape index (κ2) is 5.53. The lowest BCUT2D eigenvalue weighted by Gasteiger charge is -2.26. The van der Waals surface area contributed by atoms with Crippen molar-refractivity contribution < 1.29 is 9.18 Å². The Balaban J connectivity index is 1.79. The molecule has 0 spiro atoms. The van der Waals surface area contributed by atoms with Crippen LogP contribution in [-0.2, 0) is 4.79 Å². The van der Waals surface area contributed by atoms with E-state index in [0.717, 1.165) is 30.7 Å². The lowest BCUT2D eigenvalue weighted by atomic mass is 10.1. The van der Waals surface area contributed by atoms with Gasteiger partial charge in [0.2, 0.25) is 5.91 Å². The Bertz CT molecular complexity index is 473. The molecule has 1 atom stereocenters. The summed E-state index contributed by atoms with van der Waals surface area (Å²) in [5.74, 6) is 1.20. The number of amides is 1. The molecule has 102 valence electrons. The molecule has 0 radical (unpaired) electrons. The Hall–Kier alpha value is -1.03. The topological polar surface area (TPSA) is 20.3 Å². The minimum atomic E-state index is -0.224. The number of rotatable bonds is 2. The van der Waals surface area contributed by atoms with Crippen LogP contribution in [0.2, 0.25) is 0 Å². The number of nitrogens with zero attached hydrogens (tertiary/aromatic N) is 1. The molecule has 4 heteroatoms. The third-order valence-electron chi connectivity index (χ3n) is 4.01. The van der Waals surface area contributed by atoms with Gasteiger partial charge in [0.05, 0.1) is 0 Å². The van der Waals surface area contributed by atoms with E-state index in [0.29, 0.717) is 0 Å². The minimum Gasteiger partial charge on any atom is -0.325 e. The second-order valence-corrected chi connectivity index (χ2v) is 6.48. The summed E-state index contributed by atoms with van der Waals surface area (Å²) in [6.45, 7) is 0.793. The van der Waals surface area contributed by atoms with E-state index in [9.17, 15) is 9.18 Å². The molecule has 2 aliphatic rings. The fraction of sp³-hybridized carbons (Fsp3) is 0.533. The molecule has 1 amide bonds. The Morgan fingerprint density at radius 3 is 2.84 bits per heavy atom. The standard InChI is InChI=1S/C15H18FNOS/c16-13-7-3-6-12(10-13)15-17(8-9-19-15)14(18)11-4-1-2-5-11/h3,6-7,10-11,15H,1-2,4-5,8-9H2. The molecule has 2 nitrogen and oxygen atoms in total. The zero-order valence-corrected chi connectivity index (χ0v) is 11.7. The quantitative estimate of drug-likeness (QED) is 0.824. The van der Waals surface area contributed by atoms with Crippen molar-refractivity contribution in [3.05, 3.63) is 35.6 Å². The van der Waals surface area contributed by atoms with Crippen molar-refractivity contribution in [2.24, 2.45) is 5.92 Å². The van der Waals surface area contributed by atoms with Gasteiger partial charge >= 0.3 is 0 Å². The van der Waals surface area contributed by atoms with Crippen LogP contribution in [0.3, 0.4) is 0 Å². The molecule has 3 rings (SSSR count). The molecule has 0 N–H and O–H groups in total. The van der Waals surface area contributed by atoms with Gasteiger partial charge in [0, 0.05) is 18.2 Å². The average molecular weight is 279 g/mol. The molecule has 2 fully saturated rings. The molecule has 1 aromatic carbocycles. The Labute approximate surface area is 117 Å². The summed E-state index contributed by atoms with van der Waals surface area (Å²) < 4.78 is 13.3. The summed E-state index contributed by atoms with van der Waals surface area (Å²) in [6.07, 6.45) is 4.38. The van der Waals surface area contributed by atoms with E-state index in [1.807, 2.05) is 11.0 Å². The van der Waals surface area contributed by atoms with Crippen molar-refractivity contribution in [2.45, 2.75) is 31.1 Å². The van der Waals surface area contributed by atoms with Gasteiger partial charge in [-0.1, -0.05) is 25.0 Å². The van der Waals surface area contributed by atoms with Crippen LogP contribution >= 0.6 is 11.8 Å². The normalized spacial score (nSPS) is 24.1. The van der Waals surface area contributed by atoms with Gasteiger partial charge < -0.3 is 4.90 Å². The Morgan fingerprint density at radius 1 is 1.32 bits per heavy atom. The van der Waals surface area contributed by atoms with Gasteiger partial charge in [-0.3, -0.25) is 4.79 Å². The molecule has 1 aromatic rings. The van der Waals surface area contributed by atoms with Gasteiger partial charge in [-0.25, -0.2) is 4.39 Å². The maximum atomic E-state index is 13.3. The van der Waals surface area contributed by atoms with Crippen molar-refractivity contribution in [1.82, 2.24) is 4.90 Å². The van der Waals surface area contributed by atoms with E-state index < -0.39 is 0 Å². The van der Waals surface area contributed by atoms with Crippen molar-refractivity contribution in [2.75, 3.05) is 12.3 Å². The minimum absolute atomic E-state index is 0.00352. The molecular formula is C15H18FNOS. The van der Waals surface area contributed by atoms with Crippen LogP contribution in [0.1, 0.15) is 36.6 Å². The summed E-state index contributed by atoms with van der Waals surface area (Å²) in [7, 11) is 0. The molecule has 1 heterocycles. The van der Waals surface area contributed by atoms with E-state index in [4.69, 9.17) is 0 Å². The lowest BCUT2D eigenvalue weighted by Crippen LogP contribution is -2.34. The first-order valence-corrected chi connectivity index (χ1v) is 7.98. The van der Waals surface area contributed by atoms with Crippen molar-refractivity contribution in [1.29, 1.82) is 0 Å². The monoisotopic (exact) mass is 279 g/mol. The largest absolute Gasteiger partial charge is 0.325 e. The number of hydrogen-bond acceptors (Lipinski definition) is 2. The highest BCUT2D eigenvalue weighted by molar-refractivity contribution is 7.99.